The molecule has 534 valence electrons. The Bertz CT molecular complexity index is 1750. The summed E-state index contributed by atoms with van der Waals surface area (Å²) in [6, 6.07) is 0. The van der Waals surface area contributed by atoms with E-state index in [9.17, 15) is 43.2 Å². The van der Waals surface area contributed by atoms with Crippen LogP contribution in [0.4, 0.5) is 0 Å². The largest absolute Gasteiger partial charge is 0.472 e. The number of hydrogen-bond donors (Lipinski definition) is 3. The second-order valence-corrected chi connectivity index (χ2v) is 29.3. The first-order chi connectivity index (χ1) is 43.4. The van der Waals surface area contributed by atoms with Gasteiger partial charge in [0.05, 0.1) is 26.4 Å². The van der Waals surface area contributed by atoms with Gasteiger partial charge in [-0.05, 0) is 37.5 Å². The standard InChI is InChI=1S/C71H138O17P2/c1-7-10-12-14-16-18-20-22-23-25-27-29-36-43-49-55-70(75)87-66(59-81-68(73)53-47-41-35-28-26-24-21-19-17-15-13-11-8-2)61-85-89(77,78)83-57-65(72)58-84-90(79,80)86-62-67(60-82-69(74)54-48-42-38-32-33-39-45-51-63(4)5)88-71(76)56-50-44-37-31-30-34-40-46-52-64(6)9-3/h63-67,72H,7-62H2,1-6H3,(H,77,78)(H,79,80)/t64?,65-,66-,67-/m1/s1. The number of ether oxygens (including phenoxy) is 4. The summed E-state index contributed by atoms with van der Waals surface area (Å²) < 4.78 is 68.3. The van der Waals surface area contributed by atoms with E-state index in [1.165, 1.54) is 173 Å². The van der Waals surface area contributed by atoms with E-state index in [0.29, 0.717) is 31.6 Å². The molecule has 17 nitrogen and oxygen atoms in total. The van der Waals surface area contributed by atoms with Gasteiger partial charge in [0.15, 0.2) is 12.2 Å². The van der Waals surface area contributed by atoms with Crippen molar-refractivity contribution >= 4 is 39.5 Å². The summed E-state index contributed by atoms with van der Waals surface area (Å²) in [7, 11) is -9.90. The number of esters is 4. The molecule has 3 unspecified atom stereocenters. The van der Waals surface area contributed by atoms with Crippen molar-refractivity contribution in [2.24, 2.45) is 11.8 Å². The zero-order chi connectivity index (χ0) is 66.5. The van der Waals surface area contributed by atoms with Gasteiger partial charge in [0.25, 0.3) is 0 Å². The molecule has 0 spiro atoms. The maximum Gasteiger partial charge on any atom is 0.472 e. The zero-order valence-electron chi connectivity index (χ0n) is 58.4. The van der Waals surface area contributed by atoms with Gasteiger partial charge >= 0.3 is 39.5 Å². The lowest BCUT2D eigenvalue weighted by Gasteiger charge is -2.21. The van der Waals surface area contributed by atoms with Crippen LogP contribution >= 0.6 is 15.6 Å². The zero-order valence-corrected chi connectivity index (χ0v) is 60.2. The number of aliphatic hydroxyl groups is 1. The number of carbonyl (C=O) groups excluding carboxylic acids is 4. The van der Waals surface area contributed by atoms with Crippen LogP contribution in [-0.2, 0) is 65.4 Å². The smallest absolute Gasteiger partial charge is 0.462 e. The number of hydrogen-bond acceptors (Lipinski definition) is 15. The van der Waals surface area contributed by atoms with Crippen LogP contribution in [0.15, 0.2) is 0 Å². The SMILES string of the molecule is CCCCCCCCCCCCCCCCCC(=O)O[C@H](COC(=O)CCCCCCCCCCCCCCC)COP(=O)(O)OC[C@@H](O)COP(=O)(O)OC[C@@H](COC(=O)CCCCCCCCCC(C)C)OC(=O)CCCCCCCCCCC(C)CC. The molecular formula is C71H138O17P2. The Morgan fingerprint density at radius 3 is 0.844 bits per heavy atom. The lowest BCUT2D eigenvalue weighted by atomic mass is 9.99. The monoisotopic (exact) mass is 1320 g/mol. The second-order valence-electron chi connectivity index (χ2n) is 26.3. The third-order valence-corrected chi connectivity index (χ3v) is 18.7. The molecular weight excluding hydrogens is 1190 g/mol. The molecule has 0 saturated carbocycles. The molecule has 0 aliphatic heterocycles. The molecule has 0 amide bonds. The summed E-state index contributed by atoms with van der Waals surface area (Å²) in [5.41, 5.74) is 0. The Morgan fingerprint density at radius 2 is 0.567 bits per heavy atom. The van der Waals surface area contributed by atoms with Crippen LogP contribution in [-0.4, -0.2) is 96.7 Å². The van der Waals surface area contributed by atoms with Gasteiger partial charge < -0.3 is 33.8 Å². The highest BCUT2D eigenvalue weighted by Crippen LogP contribution is 2.45. The fraction of sp³-hybridized carbons (Fsp3) is 0.944. The van der Waals surface area contributed by atoms with Gasteiger partial charge in [-0.25, -0.2) is 9.13 Å². The van der Waals surface area contributed by atoms with Gasteiger partial charge in [-0.1, -0.05) is 311 Å². The molecule has 3 N–H and O–H groups in total. The molecule has 0 radical (unpaired) electrons. The lowest BCUT2D eigenvalue weighted by molar-refractivity contribution is -0.161. The van der Waals surface area contributed by atoms with Crippen molar-refractivity contribution in [3.05, 3.63) is 0 Å². The molecule has 0 bridgehead atoms. The lowest BCUT2D eigenvalue weighted by Crippen LogP contribution is -2.30. The highest BCUT2D eigenvalue weighted by Gasteiger charge is 2.30. The molecule has 0 aromatic heterocycles. The summed E-state index contributed by atoms with van der Waals surface area (Å²) in [5, 5.41) is 10.6. The molecule has 6 atom stereocenters. The van der Waals surface area contributed by atoms with E-state index >= 15 is 0 Å². The maximum absolute atomic E-state index is 13.0. The molecule has 0 aliphatic carbocycles. The molecule has 0 aliphatic rings. The Balaban J connectivity index is 5.26. The maximum atomic E-state index is 13.0. The Morgan fingerprint density at radius 1 is 0.322 bits per heavy atom. The van der Waals surface area contributed by atoms with E-state index in [1.54, 1.807) is 0 Å². The average molecular weight is 1330 g/mol. The topological polar surface area (TPSA) is 237 Å². The van der Waals surface area contributed by atoms with Gasteiger partial charge in [0, 0.05) is 25.7 Å². The molecule has 19 heteroatoms. The van der Waals surface area contributed by atoms with Crippen LogP contribution in [0.25, 0.3) is 0 Å². The normalized spacial score (nSPS) is 14.4. The summed E-state index contributed by atoms with van der Waals surface area (Å²) in [6.45, 7) is 9.50. The van der Waals surface area contributed by atoms with Crippen molar-refractivity contribution in [1.82, 2.24) is 0 Å². The summed E-state index contributed by atoms with van der Waals surface area (Å²) >= 11 is 0. The van der Waals surface area contributed by atoms with Gasteiger partial charge in [0.2, 0.25) is 0 Å². The number of unbranched alkanes of at least 4 members (excludes halogenated alkanes) is 39. The molecule has 0 aromatic rings. The Hall–Kier alpha value is -1.94. The van der Waals surface area contributed by atoms with Crippen LogP contribution in [0, 0.1) is 11.8 Å². The fourth-order valence-corrected chi connectivity index (χ4v) is 12.3. The summed E-state index contributed by atoms with van der Waals surface area (Å²) in [5.74, 6) is -0.648. The molecule has 0 saturated heterocycles. The molecule has 0 aromatic carbocycles. The third kappa shape index (κ3) is 63.5. The minimum absolute atomic E-state index is 0.104. The molecule has 0 heterocycles. The predicted octanol–water partition coefficient (Wildman–Crippen LogP) is 20.4. The Kier molecular flexibility index (Phi) is 61.8. The van der Waals surface area contributed by atoms with Gasteiger partial charge in [-0.15, -0.1) is 0 Å². The third-order valence-electron chi connectivity index (χ3n) is 16.8. The number of rotatable bonds is 70. The Labute approximate surface area is 549 Å². The van der Waals surface area contributed by atoms with Crippen LogP contribution in [0.5, 0.6) is 0 Å². The quantitative estimate of drug-likeness (QED) is 0.0222. The fourth-order valence-electron chi connectivity index (χ4n) is 10.7. The molecule has 0 fully saturated rings. The van der Waals surface area contributed by atoms with E-state index in [4.69, 9.17) is 37.0 Å². The number of phosphoric acid groups is 2. The highest BCUT2D eigenvalue weighted by atomic mass is 31.2. The van der Waals surface area contributed by atoms with E-state index in [-0.39, 0.29) is 25.7 Å². The van der Waals surface area contributed by atoms with E-state index in [1.807, 2.05) is 0 Å². The van der Waals surface area contributed by atoms with Crippen molar-refractivity contribution < 1.29 is 80.2 Å². The van der Waals surface area contributed by atoms with Crippen LogP contribution in [0.3, 0.4) is 0 Å². The average Bonchev–Trinajstić information content (AvgIpc) is 3.70. The molecule has 0 rings (SSSR count). The van der Waals surface area contributed by atoms with Crippen LogP contribution in [0.1, 0.15) is 363 Å². The van der Waals surface area contributed by atoms with Crippen LogP contribution < -0.4 is 0 Å². The van der Waals surface area contributed by atoms with Gasteiger partial charge in [0.1, 0.15) is 19.3 Å². The summed E-state index contributed by atoms with van der Waals surface area (Å²) in [4.78, 5) is 72.6. The number of aliphatic hydroxyl groups excluding tert-OH is 1. The highest BCUT2D eigenvalue weighted by molar-refractivity contribution is 7.47. The predicted molar refractivity (Wildman–Crippen MR) is 363 cm³/mol. The first kappa shape index (κ1) is 88.1. The van der Waals surface area contributed by atoms with Gasteiger partial charge in [-0.2, -0.15) is 0 Å². The number of phosphoric ester groups is 2. The van der Waals surface area contributed by atoms with Gasteiger partial charge in [-0.3, -0.25) is 37.3 Å². The van der Waals surface area contributed by atoms with E-state index in [0.717, 1.165) is 102 Å². The van der Waals surface area contributed by atoms with Crippen molar-refractivity contribution in [2.75, 3.05) is 39.6 Å². The van der Waals surface area contributed by atoms with Crippen molar-refractivity contribution in [2.45, 2.75) is 381 Å². The van der Waals surface area contributed by atoms with Crippen molar-refractivity contribution in [3.63, 3.8) is 0 Å². The minimum Gasteiger partial charge on any atom is -0.462 e. The first-order valence-electron chi connectivity index (χ1n) is 37.0. The second kappa shape index (κ2) is 63.1. The van der Waals surface area contributed by atoms with Crippen molar-refractivity contribution in [3.8, 4) is 0 Å². The minimum atomic E-state index is -4.95. The first-order valence-corrected chi connectivity index (χ1v) is 40.0. The van der Waals surface area contributed by atoms with E-state index in [2.05, 4.69) is 41.5 Å². The number of carbonyl (C=O) groups is 4. The molecule has 90 heavy (non-hydrogen) atoms. The summed E-state index contributed by atoms with van der Waals surface area (Å²) in [6.07, 6.45) is 48.5. The van der Waals surface area contributed by atoms with E-state index < -0.39 is 97.5 Å². The van der Waals surface area contributed by atoms with Crippen molar-refractivity contribution in [1.29, 1.82) is 0 Å². The van der Waals surface area contributed by atoms with Crippen LogP contribution in [0.2, 0.25) is 0 Å².